The normalized spacial score (nSPS) is 12.5. The molecule has 2 nitrogen and oxygen atoms in total. The molecular weight excluding hydrogens is 136 g/mol. The summed E-state index contributed by atoms with van der Waals surface area (Å²) in [5.74, 6) is 2.49. The third-order valence-electron chi connectivity index (χ3n) is 1.80. The van der Waals surface area contributed by atoms with Crippen LogP contribution in [-0.4, -0.2) is 9.78 Å². The van der Waals surface area contributed by atoms with Crippen LogP contribution in [-0.2, 0) is 0 Å². The molecule has 1 aromatic rings. The highest BCUT2D eigenvalue weighted by molar-refractivity contribution is 5.21. The largest absolute Gasteiger partial charge is 0.269 e. The minimum Gasteiger partial charge on any atom is -0.269 e. The second-order valence-corrected chi connectivity index (χ2v) is 2.58. The highest BCUT2D eigenvalue weighted by Gasteiger charge is 2.01. The van der Waals surface area contributed by atoms with E-state index in [4.69, 9.17) is 6.42 Å². The summed E-state index contributed by atoms with van der Waals surface area (Å²) in [5.41, 5.74) is 0.713. The van der Waals surface area contributed by atoms with E-state index in [-0.39, 0.29) is 0 Å². The van der Waals surface area contributed by atoms with Crippen LogP contribution in [0.25, 0.3) is 0 Å². The Morgan fingerprint density at radius 2 is 2.55 bits per heavy atom. The summed E-state index contributed by atoms with van der Waals surface area (Å²) < 4.78 is 1.90. The molecule has 11 heavy (non-hydrogen) atoms. The highest BCUT2D eigenvalue weighted by Crippen LogP contribution is 2.08. The average Bonchev–Trinajstić information content (AvgIpc) is 2.50. The Kier molecular flexibility index (Phi) is 2.32. The molecule has 1 atom stereocenters. The van der Waals surface area contributed by atoms with E-state index in [9.17, 15) is 0 Å². The summed E-state index contributed by atoms with van der Waals surface area (Å²) in [5, 5.41) is 4.18. The zero-order chi connectivity index (χ0) is 8.27. The van der Waals surface area contributed by atoms with E-state index in [0.29, 0.717) is 11.7 Å². The van der Waals surface area contributed by atoms with Crippen LogP contribution < -0.4 is 0 Å². The fourth-order valence-electron chi connectivity index (χ4n) is 0.848. The number of aromatic nitrogens is 2. The molecule has 2 heteroatoms. The Morgan fingerprint density at radius 1 is 1.82 bits per heavy atom. The van der Waals surface area contributed by atoms with Crippen LogP contribution in [0.2, 0.25) is 0 Å². The van der Waals surface area contributed by atoms with Gasteiger partial charge in [-0.3, -0.25) is 4.68 Å². The molecule has 0 saturated heterocycles. The van der Waals surface area contributed by atoms with E-state index in [0.717, 1.165) is 6.42 Å². The Labute approximate surface area is 67.2 Å². The first-order chi connectivity index (χ1) is 5.27. The molecule has 1 heterocycles. The molecule has 0 aromatic carbocycles. The van der Waals surface area contributed by atoms with Crippen LogP contribution in [0.4, 0.5) is 0 Å². The van der Waals surface area contributed by atoms with Crippen molar-refractivity contribution < 1.29 is 0 Å². The zero-order valence-electron chi connectivity index (χ0n) is 6.91. The zero-order valence-corrected chi connectivity index (χ0v) is 6.91. The van der Waals surface area contributed by atoms with Gasteiger partial charge in [-0.25, -0.2) is 0 Å². The molecule has 1 aromatic heterocycles. The van der Waals surface area contributed by atoms with Crippen molar-refractivity contribution in [3.63, 3.8) is 0 Å². The molecule has 0 aliphatic rings. The lowest BCUT2D eigenvalue weighted by Crippen LogP contribution is -2.04. The molecule has 0 radical (unpaired) electrons. The van der Waals surface area contributed by atoms with Crippen LogP contribution in [0, 0.1) is 12.3 Å². The first kappa shape index (κ1) is 7.87. The van der Waals surface area contributed by atoms with Gasteiger partial charge in [0, 0.05) is 12.2 Å². The van der Waals surface area contributed by atoms with Crippen molar-refractivity contribution in [1.82, 2.24) is 9.78 Å². The molecule has 0 N–H and O–H groups in total. The van der Waals surface area contributed by atoms with Crippen molar-refractivity contribution in [2.24, 2.45) is 0 Å². The van der Waals surface area contributed by atoms with Gasteiger partial charge in [0.25, 0.3) is 0 Å². The number of rotatable bonds is 2. The first-order valence-corrected chi connectivity index (χ1v) is 3.79. The van der Waals surface area contributed by atoms with E-state index in [2.05, 4.69) is 24.9 Å². The van der Waals surface area contributed by atoms with Crippen LogP contribution in [0.3, 0.4) is 0 Å². The van der Waals surface area contributed by atoms with Gasteiger partial charge in [0.2, 0.25) is 0 Å². The monoisotopic (exact) mass is 148 g/mol. The van der Waals surface area contributed by atoms with E-state index < -0.39 is 0 Å². The third-order valence-corrected chi connectivity index (χ3v) is 1.80. The maximum Gasteiger partial charge on any atom is 0.134 e. The predicted octanol–water partition coefficient (Wildman–Crippen LogP) is 1.84. The first-order valence-electron chi connectivity index (χ1n) is 3.79. The molecule has 1 rings (SSSR count). The number of nitrogens with zero attached hydrogens (tertiary/aromatic N) is 2. The second-order valence-electron chi connectivity index (χ2n) is 2.58. The molecule has 0 unspecified atom stereocenters. The fourth-order valence-corrected chi connectivity index (χ4v) is 0.848. The number of hydrogen-bond acceptors (Lipinski definition) is 1. The second kappa shape index (κ2) is 3.25. The van der Waals surface area contributed by atoms with Crippen molar-refractivity contribution in [3.05, 3.63) is 18.0 Å². The van der Waals surface area contributed by atoms with Crippen molar-refractivity contribution >= 4 is 0 Å². The van der Waals surface area contributed by atoms with Crippen molar-refractivity contribution in [1.29, 1.82) is 0 Å². The summed E-state index contributed by atoms with van der Waals surface area (Å²) >= 11 is 0. The van der Waals surface area contributed by atoms with Crippen molar-refractivity contribution in [2.75, 3.05) is 0 Å². The quantitative estimate of drug-likeness (QED) is 0.585. The van der Waals surface area contributed by atoms with Gasteiger partial charge in [0.05, 0.1) is 0 Å². The number of terminal acetylenes is 1. The molecule has 0 amide bonds. The van der Waals surface area contributed by atoms with Crippen LogP contribution in [0.1, 0.15) is 32.0 Å². The summed E-state index contributed by atoms with van der Waals surface area (Å²) in [6.45, 7) is 4.25. The van der Waals surface area contributed by atoms with Gasteiger partial charge in [-0.1, -0.05) is 6.92 Å². The SMILES string of the molecule is C#Cc1ccn([C@H](C)CC)n1. The maximum absolute atomic E-state index is 5.18. The average molecular weight is 148 g/mol. The van der Waals surface area contributed by atoms with Crippen molar-refractivity contribution in [3.8, 4) is 12.3 Å². The van der Waals surface area contributed by atoms with E-state index in [1.54, 1.807) is 0 Å². The summed E-state index contributed by atoms with van der Waals surface area (Å²) in [6, 6.07) is 2.30. The topological polar surface area (TPSA) is 17.8 Å². The number of hydrogen-bond donors (Lipinski definition) is 0. The molecular formula is C9H12N2. The molecule has 0 saturated carbocycles. The molecule has 58 valence electrons. The van der Waals surface area contributed by atoms with Crippen molar-refractivity contribution in [2.45, 2.75) is 26.3 Å². The Morgan fingerprint density at radius 3 is 3.00 bits per heavy atom. The molecule has 0 aliphatic heterocycles. The minimum absolute atomic E-state index is 0.442. The van der Waals surface area contributed by atoms with Gasteiger partial charge in [0.1, 0.15) is 5.69 Å². The van der Waals surface area contributed by atoms with E-state index in [1.165, 1.54) is 0 Å². The Bertz CT molecular complexity index is 267. The summed E-state index contributed by atoms with van der Waals surface area (Å²) in [6.07, 6.45) is 8.17. The van der Waals surface area contributed by atoms with Gasteiger partial charge in [-0.2, -0.15) is 5.10 Å². The van der Waals surface area contributed by atoms with Gasteiger partial charge in [-0.05, 0) is 25.3 Å². The third kappa shape index (κ3) is 1.62. The minimum atomic E-state index is 0.442. The molecule has 0 spiro atoms. The van der Waals surface area contributed by atoms with Gasteiger partial charge >= 0.3 is 0 Å². The lowest BCUT2D eigenvalue weighted by atomic mass is 10.3. The smallest absolute Gasteiger partial charge is 0.134 e. The highest BCUT2D eigenvalue weighted by atomic mass is 15.3. The molecule has 0 aliphatic carbocycles. The predicted molar refractivity (Wildman–Crippen MR) is 45.2 cm³/mol. The fraction of sp³-hybridized carbons (Fsp3) is 0.444. The lowest BCUT2D eigenvalue weighted by Gasteiger charge is -2.07. The van der Waals surface area contributed by atoms with Crippen LogP contribution in [0.15, 0.2) is 12.3 Å². The van der Waals surface area contributed by atoms with Gasteiger partial charge in [0.15, 0.2) is 0 Å². The Balaban J connectivity index is 2.82. The lowest BCUT2D eigenvalue weighted by molar-refractivity contribution is 0.477. The van der Waals surface area contributed by atoms with Crippen LogP contribution in [0.5, 0.6) is 0 Å². The molecule has 0 fully saturated rings. The Hall–Kier alpha value is -1.23. The standard InChI is InChI=1S/C9H12N2/c1-4-8(3)11-7-6-9(5-2)10-11/h2,6-8H,4H2,1,3H3/t8-/m1/s1. The van der Waals surface area contributed by atoms with Crippen LogP contribution >= 0.6 is 0 Å². The van der Waals surface area contributed by atoms with E-state index in [1.807, 2.05) is 16.9 Å². The summed E-state index contributed by atoms with van der Waals surface area (Å²) in [7, 11) is 0. The summed E-state index contributed by atoms with van der Waals surface area (Å²) in [4.78, 5) is 0. The maximum atomic E-state index is 5.18. The molecule has 0 bridgehead atoms. The van der Waals surface area contributed by atoms with E-state index >= 15 is 0 Å². The van der Waals surface area contributed by atoms with Gasteiger partial charge < -0.3 is 0 Å². The van der Waals surface area contributed by atoms with Gasteiger partial charge in [-0.15, -0.1) is 6.42 Å².